The molecule has 348 valence electrons. The van der Waals surface area contributed by atoms with Crippen LogP contribution in [0, 0.1) is 18.8 Å². The number of aryl methyl sites for hydroxylation is 2. The van der Waals surface area contributed by atoms with E-state index < -0.39 is 0 Å². The highest BCUT2D eigenvalue weighted by atomic mass is 16.5. The molecule has 9 aromatic carbocycles. The number of ether oxygens (including phenoxy) is 1. The standard InChI is InChI=1S/C70H56O2/c1-48-23-34-58(35-24-48)66-67(69(57-21-13-6-14-22-57)70(71)68(66)56-19-11-5-12-20-56)59-39-43-63(44-40-59)72-62-41-32-51(33-42-62)27-28-52-31-38-60-46-64(54-17-9-4-10-18-54)65(47-61(60)45-52)55-36-29-50(30-37-55)26-25-49(2)53-15-7-3-8-16-53/h3-24,29-45,49,64-65H,25-26,46-47H2,1-2H3. The Morgan fingerprint density at radius 2 is 0.917 bits per heavy atom. The normalized spacial score (nSPS) is 15.7. The van der Waals surface area contributed by atoms with Crippen molar-refractivity contribution < 1.29 is 9.53 Å². The van der Waals surface area contributed by atoms with Gasteiger partial charge in [-0.15, -0.1) is 0 Å². The van der Waals surface area contributed by atoms with Crippen LogP contribution in [0.4, 0.5) is 0 Å². The smallest absolute Gasteiger partial charge is 0.195 e. The fourth-order valence-electron chi connectivity index (χ4n) is 10.8. The Morgan fingerprint density at radius 1 is 0.458 bits per heavy atom. The van der Waals surface area contributed by atoms with Crippen molar-refractivity contribution in [3.8, 4) is 23.3 Å². The number of benzene rings is 9. The quantitative estimate of drug-likeness (QED) is 0.114. The molecule has 0 saturated carbocycles. The van der Waals surface area contributed by atoms with Crippen LogP contribution >= 0.6 is 0 Å². The molecule has 11 rings (SSSR count). The molecule has 3 atom stereocenters. The number of carbonyl (C=O) groups excluding carboxylic acids is 1. The number of allylic oxidation sites excluding steroid dienone is 4. The Kier molecular flexibility index (Phi) is 13.3. The van der Waals surface area contributed by atoms with Crippen molar-refractivity contribution in [1.82, 2.24) is 0 Å². The van der Waals surface area contributed by atoms with Crippen LogP contribution in [0.1, 0.15) is 103 Å². The molecule has 9 aromatic rings. The van der Waals surface area contributed by atoms with Gasteiger partial charge in [-0.05, 0) is 155 Å². The summed E-state index contributed by atoms with van der Waals surface area (Å²) in [7, 11) is 0. The van der Waals surface area contributed by atoms with E-state index in [1.54, 1.807) is 0 Å². The van der Waals surface area contributed by atoms with E-state index in [-0.39, 0.29) is 5.78 Å². The van der Waals surface area contributed by atoms with Crippen molar-refractivity contribution in [2.24, 2.45) is 0 Å². The Morgan fingerprint density at radius 3 is 1.50 bits per heavy atom. The lowest BCUT2D eigenvalue weighted by Gasteiger charge is -2.34. The first-order valence-corrected chi connectivity index (χ1v) is 25.3. The number of carbonyl (C=O) groups is 1. The van der Waals surface area contributed by atoms with Gasteiger partial charge in [0.1, 0.15) is 11.5 Å². The number of Topliss-reactive ketones (excluding diaryl/α,β-unsaturated/α-hetero) is 1. The molecular formula is C70H56O2. The molecule has 0 aromatic heterocycles. The number of ketones is 1. The average Bonchev–Trinajstić information content (AvgIpc) is 3.75. The van der Waals surface area contributed by atoms with Crippen molar-refractivity contribution in [2.45, 2.75) is 57.3 Å². The lowest BCUT2D eigenvalue weighted by molar-refractivity contribution is -0.108. The van der Waals surface area contributed by atoms with E-state index in [0.29, 0.717) is 34.6 Å². The van der Waals surface area contributed by atoms with Gasteiger partial charge in [0.05, 0.1) is 0 Å². The third-order valence-corrected chi connectivity index (χ3v) is 14.7. The summed E-state index contributed by atoms with van der Waals surface area (Å²) in [4.78, 5) is 14.7. The van der Waals surface area contributed by atoms with Gasteiger partial charge in [0.2, 0.25) is 0 Å². The van der Waals surface area contributed by atoms with Crippen molar-refractivity contribution >= 4 is 28.1 Å². The number of hydrogen-bond donors (Lipinski definition) is 0. The zero-order valence-corrected chi connectivity index (χ0v) is 40.9. The SMILES string of the molecule is Cc1ccc(C2=C(c3ccccc3)C(=O)C(c3ccccc3)=C2c2ccc(Oc3ccc(C#Cc4ccc5c(c4)CC(c4ccc(CCC(C)c6ccccc6)cc4)C(c4ccccc4)C5)cc3)cc2)cc1. The summed E-state index contributed by atoms with van der Waals surface area (Å²) >= 11 is 0. The van der Waals surface area contributed by atoms with Crippen LogP contribution in [0.5, 0.6) is 11.5 Å². The Balaban J connectivity index is 0.805. The first-order chi connectivity index (χ1) is 35.4. The molecule has 72 heavy (non-hydrogen) atoms. The maximum absolute atomic E-state index is 14.7. The van der Waals surface area contributed by atoms with Gasteiger partial charge in [0.15, 0.2) is 5.78 Å². The molecule has 2 aliphatic carbocycles. The van der Waals surface area contributed by atoms with E-state index in [4.69, 9.17) is 4.74 Å². The summed E-state index contributed by atoms with van der Waals surface area (Å²) in [5.74, 6) is 9.67. The van der Waals surface area contributed by atoms with Gasteiger partial charge in [0.25, 0.3) is 0 Å². The van der Waals surface area contributed by atoms with Crippen molar-refractivity contribution in [3.05, 3.63) is 309 Å². The third-order valence-electron chi connectivity index (χ3n) is 14.7. The molecule has 0 heterocycles. The minimum Gasteiger partial charge on any atom is -0.457 e. The van der Waals surface area contributed by atoms with Gasteiger partial charge in [-0.25, -0.2) is 0 Å². The molecule has 0 spiro atoms. The predicted molar refractivity (Wildman–Crippen MR) is 297 cm³/mol. The van der Waals surface area contributed by atoms with Crippen LogP contribution in [-0.2, 0) is 24.1 Å². The first-order valence-electron chi connectivity index (χ1n) is 25.3. The van der Waals surface area contributed by atoms with E-state index in [1.807, 2.05) is 97.1 Å². The fraction of sp³-hybridized carbons (Fsp3) is 0.129. The highest BCUT2D eigenvalue weighted by Gasteiger charge is 2.36. The molecule has 0 bridgehead atoms. The summed E-state index contributed by atoms with van der Waals surface area (Å²) in [5.41, 5.74) is 18.6. The summed E-state index contributed by atoms with van der Waals surface area (Å²) in [6, 6.07) is 82.9. The molecule has 0 radical (unpaired) electrons. The summed E-state index contributed by atoms with van der Waals surface area (Å²) in [6.07, 6.45) is 4.19. The fourth-order valence-corrected chi connectivity index (χ4v) is 10.8. The second-order valence-corrected chi connectivity index (χ2v) is 19.4. The highest BCUT2D eigenvalue weighted by Crippen LogP contribution is 2.50. The minimum atomic E-state index is 0.0240. The van der Waals surface area contributed by atoms with Gasteiger partial charge < -0.3 is 4.74 Å². The zero-order chi connectivity index (χ0) is 48.8. The number of hydrogen-bond acceptors (Lipinski definition) is 2. The maximum Gasteiger partial charge on any atom is 0.195 e. The number of fused-ring (bicyclic) bond motifs is 1. The lowest BCUT2D eigenvalue weighted by Crippen LogP contribution is -2.22. The molecule has 3 unspecified atom stereocenters. The summed E-state index contributed by atoms with van der Waals surface area (Å²) in [5, 5.41) is 0. The average molecular weight is 929 g/mol. The third kappa shape index (κ3) is 9.93. The Labute approximate surface area is 425 Å². The minimum absolute atomic E-state index is 0.0240. The molecular weight excluding hydrogens is 873 g/mol. The second-order valence-electron chi connectivity index (χ2n) is 19.4. The van der Waals surface area contributed by atoms with Crippen LogP contribution in [-0.4, -0.2) is 5.78 Å². The summed E-state index contributed by atoms with van der Waals surface area (Å²) < 4.78 is 6.41. The number of rotatable bonds is 12. The highest BCUT2D eigenvalue weighted by molar-refractivity contribution is 6.59. The van der Waals surface area contributed by atoms with Gasteiger partial charge in [-0.2, -0.15) is 0 Å². The maximum atomic E-state index is 14.7. The van der Waals surface area contributed by atoms with E-state index in [1.165, 1.54) is 38.9 Å². The molecule has 0 N–H and O–H groups in total. The van der Waals surface area contributed by atoms with E-state index in [2.05, 4.69) is 165 Å². The molecule has 0 saturated heterocycles. The Bertz CT molecular complexity index is 3470. The predicted octanol–water partition coefficient (Wildman–Crippen LogP) is 16.7. The molecule has 2 aliphatic rings. The van der Waals surface area contributed by atoms with Crippen LogP contribution in [0.3, 0.4) is 0 Å². The van der Waals surface area contributed by atoms with E-state index in [0.717, 1.165) is 76.0 Å². The topological polar surface area (TPSA) is 26.3 Å². The molecule has 0 fully saturated rings. The van der Waals surface area contributed by atoms with Crippen LogP contribution in [0.25, 0.3) is 22.3 Å². The van der Waals surface area contributed by atoms with E-state index >= 15 is 0 Å². The van der Waals surface area contributed by atoms with Crippen LogP contribution in [0.15, 0.2) is 237 Å². The van der Waals surface area contributed by atoms with Crippen molar-refractivity contribution in [1.29, 1.82) is 0 Å². The van der Waals surface area contributed by atoms with Crippen molar-refractivity contribution in [2.75, 3.05) is 0 Å². The first kappa shape index (κ1) is 45.9. The Hall–Kier alpha value is -8.51. The molecule has 0 aliphatic heterocycles. The monoisotopic (exact) mass is 928 g/mol. The lowest BCUT2D eigenvalue weighted by atomic mass is 9.70. The van der Waals surface area contributed by atoms with Gasteiger partial charge in [0, 0.05) is 33.4 Å². The van der Waals surface area contributed by atoms with Crippen molar-refractivity contribution in [3.63, 3.8) is 0 Å². The molecule has 2 nitrogen and oxygen atoms in total. The van der Waals surface area contributed by atoms with E-state index in [9.17, 15) is 4.79 Å². The molecule has 2 heteroatoms. The molecule has 0 amide bonds. The summed E-state index contributed by atoms with van der Waals surface area (Å²) in [6.45, 7) is 4.42. The van der Waals surface area contributed by atoms with Gasteiger partial charge in [-0.1, -0.05) is 212 Å². The van der Waals surface area contributed by atoms with Crippen LogP contribution < -0.4 is 4.74 Å². The van der Waals surface area contributed by atoms with Gasteiger partial charge >= 0.3 is 0 Å². The van der Waals surface area contributed by atoms with Crippen LogP contribution in [0.2, 0.25) is 0 Å². The second kappa shape index (κ2) is 20.8. The van der Waals surface area contributed by atoms with Gasteiger partial charge in [-0.3, -0.25) is 4.79 Å². The largest absolute Gasteiger partial charge is 0.457 e. The zero-order valence-electron chi connectivity index (χ0n) is 40.9.